The van der Waals surface area contributed by atoms with Crippen LogP contribution in [-0.4, -0.2) is 31.8 Å². The molecule has 0 fully saturated rings. The highest BCUT2D eigenvalue weighted by molar-refractivity contribution is 5.19. The van der Waals surface area contributed by atoms with E-state index in [1.165, 1.54) is 0 Å². The quantitative estimate of drug-likeness (QED) is 0.765. The van der Waals surface area contributed by atoms with Gasteiger partial charge < -0.3 is 14.8 Å². The van der Waals surface area contributed by atoms with Gasteiger partial charge in [0.25, 0.3) is 0 Å². The molecule has 0 amide bonds. The first-order valence-electron chi connectivity index (χ1n) is 4.58. The van der Waals surface area contributed by atoms with Crippen LogP contribution in [0.25, 0.3) is 0 Å². The van der Waals surface area contributed by atoms with Crippen molar-refractivity contribution in [3.63, 3.8) is 0 Å². The minimum atomic E-state index is 0.0969. The molecule has 0 aliphatic heterocycles. The fourth-order valence-corrected chi connectivity index (χ4v) is 1.11. The van der Waals surface area contributed by atoms with E-state index >= 15 is 0 Å². The van der Waals surface area contributed by atoms with Crippen molar-refractivity contribution in [1.29, 1.82) is 0 Å². The smallest absolute Gasteiger partial charge is 0.216 e. The van der Waals surface area contributed by atoms with Crippen molar-refractivity contribution in [3.8, 4) is 11.8 Å². The fraction of sp³-hybridized carbons (Fsp3) is 0.500. The van der Waals surface area contributed by atoms with Crippen LogP contribution in [0.4, 0.5) is 0 Å². The maximum atomic E-state index is 5.54. The molecule has 1 atom stereocenters. The first kappa shape index (κ1) is 10.8. The van der Waals surface area contributed by atoms with Gasteiger partial charge in [-0.1, -0.05) is 6.07 Å². The molecule has 0 spiro atoms. The average Bonchev–Trinajstić information content (AvgIpc) is 2.18. The lowest BCUT2D eigenvalue weighted by molar-refractivity contribution is 0.209. The second kappa shape index (κ2) is 5.44. The van der Waals surface area contributed by atoms with Crippen LogP contribution in [0, 0.1) is 0 Å². The number of hydrogen-bond donors (Lipinski definition) is 1. The number of methoxy groups -OCH3 is 1. The van der Waals surface area contributed by atoms with E-state index in [1.54, 1.807) is 13.2 Å². The molecule has 0 bridgehead atoms. The predicted molar refractivity (Wildman–Crippen MR) is 54.8 cm³/mol. The Bertz CT molecular complexity index is 279. The zero-order valence-electron chi connectivity index (χ0n) is 8.78. The summed E-state index contributed by atoms with van der Waals surface area (Å²) in [6.07, 6.45) is 0.0969. The van der Waals surface area contributed by atoms with Crippen LogP contribution in [0.5, 0.6) is 11.8 Å². The standard InChI is InChI=1S/C10H16N2O2/c1-8(7-11-2)14-10-6-4-5-9(12-10)13-3/h4-6,8,11H,7H2,1-3H3. The monoisotopic (exact) mass is 196 g/mol. The van der Waals surface area contributed by atoms with E-state index in [-0.39, 0.29) is 6.10 Å². The number of hydrogen-bond acceptors (Lipinski definition) is 4. The summed E-state index contributed by atoms with van der Waals surface area (Å²) in [6, 6.07) is 5.46. The number of nitrogens with zero attached hydrogens (tertiary/aromatic N) is 1. The molecule has 1 unspecified atom stereocenters. The summed E-state index contributed by atoms with van der Waals surface area (Å²) in [7, 11) is 3.47. The summed E-state index contributed by atoms with van der Waals surface area (Å²) in [5.41, 5.74) is 0. The lowest BCUT2D eigenvalue weighted by Crippen LogP contribution is -2.26. The van der Waals surface area contributed by atoms with Gasteiger partial charge in [-0.25, -0.2) is 0 Å². The maximum absolute atomic E-state index is 5.54. The first-order chi connectivity index (χ1) is 6.76. The summed E-state index contributed by atoms with van der Waals surface area (Å²) in [5, 5.41) is 3.03. The van der Waals surface area contributed by atoms with Gasteiger partial charge >= 0.3 is 0 Å². The number of ether oxygens (including phenoxy) is 2. The summed E-state index contributed by atoms with van der Waals surface area (Å²) in [5.74, 6) is 1.16. The van der Waals surface area contributed by atoms with Gasteiger partial charge in [-0.05, 0) is 14.0 Å². The van der Waals surface area contributed by atoms with Crippen LogP contribution in [0.2, 0.25) is 0 Å². The second-order valence-electron chi connectivity index (χ2n) is 3.00. The molecule has 14 heavy (non-hydrogen) atoms. The van der Waals surface area contributed by atoms with Gasteiger partial charge in [-0.3, -0.25) is 0 Å². The summed E-state index contributed by atoms with van der Waals surface area (Å²) in [6.45, 7) is 2.77. The molecule has 1 aromatic heterocycles. The lowest BCUT2D eigenvalue weighted by atomic mass is 10.4. The minimum Gasteiger partial charge on any atom is -0.481 e. The number of pyridine rings is 1. The largest absolute Gasteiger partial charge is 0.481 e. The molecular weight excluding hydrogens is 180 g/mol. The number of likely N-dealkylation sites (N-methyl/N-ethyl adjacent to an activating group) is 1. The van der Waals surface area contributed by atoms with Crippen molar-refractivity contribution >= 4 is 0 Å². The Morgan fingerprint density at radius 1 is 1.43 bits per heavy atom. The molecule has 0 radical (unpaired) electrons. The van der Waals surface area contributed by atoms with Crippen molar-refractivity contribution in [2.45, 2.75) is 13.0 Å². The Hall–Kier alpha value is -1.29. The van der Waals surface area contributed by atoms with E-state index in [4.69, 9.17) is 9.47 Å². The summed E-state index contributed by atoms with van der Waals surface area (Å²) in [4.78, 5) is 4.14. The van der Waals surface area contributed by atoms with Crippen molar-refractivity contribution in [1.82, 2.24) is 10.3 Å². The van der Waals surface area contributed by atoms with E-state index in [2.05, 4.69) is 10.3 Å². The molecule has 0 aliphatic carbocycles. The van der Waals surface area contributed by atoms with Crippen LogP contribution in [0.1, 0.15) is 6.92 Å². The third-order valence-electron chi connectivity index (χ3n) is 1.72. The van der Waals surface area contributed by atoms with Crippen molar-refractivity contribution in [2.75, 3.05) is 20.7 Å². The highest BCUT2D eigenvalue weighted by Crippen LogP contribution is 2.13. The first-order valence-corrected chi connectivity index (χ1v) is 4.58. The van der Waals surface area contributed by atoms with Crippen molar-refractivity contribution < 1.29 is 9.47 Å². The van der Waals surface area contributed by atoms with E-state index in [0.29, 0.717) is 11.8 Å². The molecule has 1 heterocycles. The Kier molecular flexibility index (Phi) is 4.19. The number of aromatic nitrogens is 1. The van der Waals surface area contributed by atoms with Crippen molar-refractivity contribution in [3.05, 3.63) is 18.2 Å². The van der Waals surface area contributed by atoms with Crippen LogP contribution >= 0.6 is 0 Å². The fourth-order valence-electron chi connectivity index (χ4n) is 1.11. The van der Waals surface area contributed by atoms with Gasteiger partial charge in [0.2, 0.25) is 11.8 Å². The van der Waals surface area contributed by atoms with Crippen LogP contribution < -0.4 is 14.8 Å². The van der Waals surface area contributed by atoms with Gasteiger partial charge in [0.1, 0.15) is 6.10 Å². The van der Waals surface area contributed by atoms with Crippen LogP contribution in [0.15, 0.2) is 18.2 Å². The van der Waals surface area contributed by atoms with Gasteiger partial charge in [0.05, 0.1) is 7.11 Å². The van der Waals surface area contributed by atoms with Gasteiger partial charge in [0, 0.05) is 18.7 Å². The Labute approximate surface area is 84.3 Å². The Morgan fingerprint density at radius 3 is 2.79 bits per heavy atom. The van der Waals surface area contributed by atoms with Gasteiger partial charge in [0.15, 0.2) is 0 Å². The Morgan fingerprint density at radius 2 is 2.14 bits per heavy atom. The van der Waals surface area contributed by atoms with Gasteiger partial charge in [-0.15, -0.1) is 0 Å². The topological polar surface area (TPSA) is 43.4 Å². The predicted octanol–water partition coefficient (Wildman–Crippen LogP) is 1.08. The zero-order chi connectivity index (χ0) is 10.4. The SMILES string of the molecule is CNCC(C)Oc1cccc(OC)n1. The normalized spacial score (nSPS) is 12.2. The van der Waals surface area contributed by atoms with Crippen LogP contribution in [-0.2, 0) is 0 Å². The molecule has 78 valence electrons. The Balaban J connectivity index is 2.57. The molecule has 0 aliphatic rings. The van der Waals surface area contributed by atoms with Crippen LogP contribution in [0.3, 0.4) is 0 Å². The number of rotatable bonds is 5. The van der Waals surface area contributed by atoms with E-state index in [0.717, 1.165) is 6.54 Å². The van der Waals surface area contributed by atoms with Crippen molar-refractivity contribution in [2.24, 2.45) is 0 Å². The van der Waals surface area contributed by atoms with E-state index < -0.39 is 0 Å². The third kappa shape index (κ3) is 3.22. The van der Waals surface area contributed by atoms with Gasteiger partial charge in [-0.2, -0.15) is 4.98 Å². The third-order valence-corrected chi connectivity index (χ3v) is 1.72. The zero-order valence-corrected chi connectivity index (χ0v) is 8.78. The molecule has 4 nitrogen and oxygen atoms in total. The minimum absolute atomic E-state index is 0.0969. The highest BCUT2D eigenvalue weighted by Gasteiger charge is 2.04. The molecule has 1 rings (SSSR count). The molecule has 1 N–H and O–H groups in total. The molecular formula is C10H16N2O2. The average molecular weight is 196 g/mol. The lowest BCUT2D eigenvalue weighted by Gasteiger charge is -2.13. The molecule has 0 saturated carbocycles. The van der Waals surface area contributed by atoms with E-state index in [9.17, 15) is 0 Å². The molecule has 0 saturated heterocycles. The molecule has 4 heteroatoms. The molecule has 0 aromatic carbocycles. The summed E-state index contributed by atoms with van der Waals surface area (Å²) < 4.78 is 10.5. The second-order valence-corrected chi connectivity index (χ2v) is 3.00. The highest BCUT2D eigenvalue weighted by atomic mass is 16.5. The molecule has 1 aromatic rings. The van der Waals surface area contributed by atoms with E-state index in [1.807, 2.05) is 26.1 Å². The maximum Gasteiger partial charge on any atom is 0.216 e. The number of nitrogens with one attached hydrogen (secondary N) is 1. The summed E-state index contributed by atoms with van der Waals surface area (Å²) >= 11 is 0.